The van der Waals surface area contributed by atoms with Crippen molar-refractivity contribution >= 4 is 8.69 Å². The van der Waals surface area contributed by atoms with Gasteiger partial charge < -0.3 is 0 Å². The smallest absolute Gasteiger partial charge is 0.290 e. The topological polar surface area (TPSA) is 26.3 Å². The average Bonchev–Trinajstić information content (AvgIpc) is 2.18. The third-order valence-electron chi connectivity index (χ3n) is 0.912. The Hall–Kier alpha value is -0.980. The molecule has 0 radical (unpaired) electrons. The highest BCUT2D eigenvalue weighted by atomic mass is 31.1. The van der Waals surface area contributed by atoms with Crippen molar-refractivity contribution in [3.05, 3.63) is 49.1 Å². The van der Waals surface area contributed by atoms with E-state index in [0.29, 0.717) is 6.61 Å². The van der Waals surface area contributed by atoms with Crippen LogP contribution in [0.1, 0.15) is 0 Å². The molecule has 1 aromatic rings. The molecule has 0 saturated carbocycles. The van der Waals surface area contributed by atoms with E-state index < -0.39 is 0 Å². The lowest BCUT2D eigenvalue weighted by Crippen LogP contribution is -1.69. The zero-order valence-corrected chi connectivity index (χ0v) is 7.61. The first-order valence-electron chi connectivity index (χ1n) is 3.47. The lowest BCUT2D eigenvalue weighted by atomic mass is 10.4. The van der Waals surface area contributed by atoms with Crippen molar-refractivity contribution in [1.82, 2.24) is 0 Å². The Kier molecular flexibility index (Phi) is 9.20. The largest absolute Gasteiger partial charge is 0.327 e. The van der Waals surface area contributed by atoms with Crippen LogP contribution in [-0.4, -0.2) is 6.61 Å². The zero-order valence-electron chi connectivity index (χ0n) is 6.72. The molecule has 64 valence electrons. The summed E-state index contributed by atoms with van der Waals surface area (Å²) in [5.41, 5.74) is 0. The van der Waals surface area contributed by atoms with Crippen LogP contribution in [0.2, 0.25) is 0 Å². The van der Waals surface area contributed by atoms with Crippen LogP contribution in [0.5, 0.6) is 0 Å². The monoisotopic (exact) mass is 182 g/mol. The van der Waals surface area contributed by atoms with Gasteiger partial charge >= 0.3 is 8.69 Å². The summed E-state index contributed by atoms with van der Waals surface area (Å²) in [6, 6.07) is 12.0. The lowest BCUT2D eigenvalue weighted by Gasteiger charge is -1.76. The molecule has 0 heterocycles. The Morgan fingerprint density at radius 1 is 1.17 bits per heavy atom. The number of hydrogen-bond donors (Lipinski definition) is 0. The van der Waals surface area contributed by atoms with Crippen LogP contribution in [-0.2, 0) is 9.09 Å². The van der Waals surface area contributed by atoms with E-state index in [-0.39, 0.29) is 8.69 Å². The van der Waals surface area contributed by atoms with Crippen molar-refractivity contribution < 1.29 is 9.09 Å². The van der Waals surface area contributed by atoms with Gasteiger partial charge in [0.15, 0.2) is 0 Å². The fourth-order valence-electron chi connectivity index (χ4n) is 0.468. The fourth-order valence-corrected chi connectivity index (χ4v) is 0.634. The normalized spacial score (nSPS) is 8.33. The molecule has 0 N–H and O–H groups in total. The van der Waals surface area contributed by atoms with Gasteiger partial charge in [0.25, 0.3) is 0 Å². The summed E-state index contributed by atoms with van der Waals surface area (Å²) in [6.07, 6.45) is 1.53. The number of hydrogen-bond acceptors (Lipinski definition) is 2. The Morgan fingerprint density at radius 3 is 1.75 bits per heavy atom. The van der Waals surface area contributed by atoms with Crippen molar-refractivity contribution in [2.75, 3.05) is 6.61 Å². The summed E-state index contributed by atoms with van der Waals surface area (Å²) in [4.78, 5) is 0. The molecule has 0 aromatic heterocycles. The molecule has 0 spiro atoms. The van der Waals surface area contributed by atoms with Crippen LogP contribution in [0, 0.1) is 0 Å². The fraction of sp³-hybridized carbons (Fsp3) is 0.111. The summed E-state index contributed by atoms with van der Waals surface area (Å²) in [5, 5.41) is 0. The first-order valence-corrected chi connectivity index (χ1v) is 4.20. The van der Waals surface area contributed by atoms with Crippen LogP contribution in [0.25, 0.3) is 0 Å². The van der Waals surface area contributed by atoms with Crippen molar-refractivity contribution in [2.45, 2.75) is 0 Å². The predicted octanol–water partition coefficient (Wildman–Crippen LogP) is 3.08. The predicted molar refractivity (Wildman–Crippen MR) is 50.2 cm³/mol. The van der Waals surface area contributed by atoms with Gasteiger partial charge in [0.05, 0.1) is 6.61 Å². The number of rotatable bonds is 3. The van der Waals surface area contributed by atoms with E-state index in [9.17, 15) is 4.57 Å². The van der Waals surface area contributed by atoms with Crippen LogP contribution in [0.3, 0.4) is 0 Å². The molecular weight excluding hydrogens is 171 g/mol. The van der Waals surface area contributed by atoms with Gasteiger partial charge in [-0.1, -0.05) is 42.5 Å². The minimum Gasteiger partial charge on any atom is -0.290 e. The summed E-state index contributed by atoms with van der Waals surface area (Å²) >= 11 is 0. The zero-order chi connectivity index (χ0) is 9.07. The van der Waals surface area contributed by atoms with Crippen LogP contribution in [0.4, 0.5) is 0 Å². The second-order valence-electron chi connectivity index (χ2n) is 1.81. The second-order valence-corrected chi connectivity index (χ2v) is 2.22. The van der Waals surface area contributed by atoms with Gasteiger partial charge in [0.2, 0.25) is 0 Å². The van der Waals surface area contributed by atoms with E-state index in [1.54, 1.807) is 0 Å². The highest BCUT2D eigenvalue weighted by Gasteiger charge is 1.69. The SMILES string of the molecule is C=CCOP=O.c1ccccc1. The molecule has 0 amide bonds. The van der Waals surface area contributed by atoms with E-state index in [1.165, 1.54) is 6.08 Å². The lowest BCUT2D eigenvalue weighted by molar-refractivity contribution is 0.387. The molecule has 0 unspecified atom stereocenters. The maximum absolute atomic E-state index is 9.39. The summed E-state index contributed by atoms with van der Waals surface area (Å²) in [5.74, 6) is 0. The molecular formula is C9H11O2P. The molecule has 0 fully saturated rings. The maximum Gasteiger partial charge on any atom is 0.327 e. The summed E-state index contributed by atoms with van der Waals surface area (Å²) < 4.78 is 13.7. The molecule has 3 heteroatoms. The van der Waals surface area contributed by atoms with Gasteiger partial charge in [-0.25, -0.2) is 4.57 Å². The Balaban J connectivity index is 0.000000202. The van der Waals surface area contributed by atoms with Gasteiger partial charge in [-0.2, -0.15) is 0 Å². The first kappa shape index (κ1) is 11.0. The van der Waals surface area contributed by atoms with Crippen molar-refractivity contribution in [1.29, 1.82) is 0 Å². The van der Waals surface area contributed by atoms with Gasteiger partial charge in [-0.15, -0.1) is 6.58 Å². The molecule has 0 aliphatic heterocycles. The van der Waals surface area contributed by atoms with Crippen LogP contribution < -0.4 is 0 Å². The molecule has 0 aliphatic carbocycles. The van der Waals surface area contributed by atoms with Crippen molar-refractivity contribution in [2.24, 2.45) is 0 Å². The number of benzene rings is 1. The van der Waals surface area contributed by atoms with Gasteiger partial charge in [-0.05, 0) is 0 Å². The van der Waals surface area contributed by atoms with E-state index >= 15 is 0 Å². The first-order chi connectivity index (χ1) is 5.91. The molecule has 2 nitrogen and oxygen atoms in total. The highest BCUT2D eigenvalue weighted by Crippen LogP contribution is 1.90. The van der Waals surface area contributed by atoms with E-state index in [1.807, 2.05) is 36.4 Å². The van der Waals surface area contributed by atoms with E-state index in [0.717, 1.165) is 0 Å². The molecule has 1 rings (SSSR count). The molecule has 0 bridgehead atoms. The molecule has 0 atom stereocenters. The Bertz CT molecular complexity index is 164. The van der Waals surface area contributed by atoms with Crippen LogP contribution in [0.15, 0.2) is 49.1 Å². The summed E-state index contributed by atoms with van der Waals surface area (Å²) in [6.45, 7) is 3.68. The average molecular weight is 182 g/mol. The minimum absolute atomic E-state index is 0.276. The minimum atomic E-state index is -0.276. The standard InChI is InChI=1S/C6H6.C3H5O2P/c1-2-4-6-5-3-1;1-2-3-5-6-4/h1-6H;2H,1,3H2. The Morgan fingerprint density at radius 2 is 1.58 bits per heavy atom. The quantitative estimate of drug-likeness (QED) is 0.408. The maximum atomic E-state index is 9.39. The molecule has 0 saturated heterocycles. The van der Waals surface area contributed by atoms with Crippen LogP contribution >= 0.6 is 8.69 Å². The van der Waals surface area contributed by atoms with Crippen molar-refractivity contribution in [3.8, 4) is 0 Å². The van der Waals surface area contributed by atoms with Gasteiger partial charge in [-0.3, -0.25) is 4.52 Å². The van der Waals surface area contributed by atoms with Crippen molar-refractivity contribution in [3.63, 3.8) is 0 Å². The molecule has 1 aromatic carbocycles. The molecule has 12 heavy (non-hydrogen) atoms. The Labute approximate surface area is 74.2 Å². The third kappa shape index (κ3) is 9.02. The summed E-state index contributed by atoms with van der Waals surface area (Å²) in [7, 11) is -0.276. The highest BCUT2D eigenvalue weighted by molar-refractivity contribution is 7.17. The van der Waals surface area contributed by atoms with E-state index in [4.69, 9.17) is 0 Å². The van der Waals surface area contributed by atoms with Gasteiger partial charge in [0.1, 0.15) is 0 Å². The third-order valence-corrected chi connectivity index (χ3v) is 1.17. The molecule has 0 aliphatic rings. The van der Waals surface area contributed by atoms with Gasteiger partial charge in [0, 0.05) is 0 Å². The second kappa shape index (κ2) is 10.0. The van der Waals surface area contributed by atoms with E-state index in [2.05, 4.69) is 11.1 Å².